The van der Waals surface area contributed by atoms with Crippen molar-refractivity contribution in [3.8, 4) is 23.0 Å². The molecule has 0 amide bonds. The molecular formula is C20H18O4. The number of benzene rings is 3. The molecule has 0 saturated heterocycles. The molecule has 0 spiro atoms. The summed E-state index contributed by atoms with van der Waals surface area (Å²) in [6, 6.07) is 17.8. The lowest BCUT2D eigenvalue weighted by Gasteiger charge is -2.33. The molecule has 0 fully saturated rings. The molecule has 4 heteroatoms. The van der Waals surface area contributed by atoms with Crippen LogP contribution < -0.4 is 0 Å². The normalized spacial score (nSPS) is 11.4. The first-order valence-corrected chi connectivity index (χ1v) is 7.53. The van der Waals surface area contributed by atoms with E-state index in [1.165, 1.54) is 12.1 Å². The lowest BCUT2D eigenvalue weighted by molar-refractivity contribution is 0.423. The van der Waals surface area contributed by atoms with Gasteiger partial charge in [0.15, 0.2) is 0 Å². The van der Waals surface area contributed by atoms with E-state index in [1.54, 1.807) is 54.6 Å². The molecule has 0 aliphatic heterocycles. The minimum Gasteiger partial charge on any atom is -0.508 e. The van der Waals surface area contributed by atoms with Crippen LogP contribution in [0.5, 0.6) is 23.0 Å². The predicted molar refractivity (Wildman–Crippen MR) is 91.5 cm³/mol. The summed E-state index contributed by atoms with van der Waals surface area (Å²) in [4.78, 5) is 0. The summed E-state index contributed by atoms with van der Waals surface area (Å²) in [6.07, 6.45) is 0. The van der Waals surface area contributed by atoms with Crippen molar-refractivity contribution in [1.29, 1.82) is 0 Å². The molecule has 0 unspecified atom stereocenters. The van der Waals surface area contributed by atoms with Crippen LogP contribution in [0.1, 0.15) is 23.6 Å². The van der Waals surface area contributed by atoms with Crippen molar-refractivity contribution in [2.45, 2.75) is 12.3 Å². The van der Waals surface area contributed by atoms with Crippen LogP contribution >= 0.6 is 0 Å². The van der Waals surface area contributed by atoms with E-state index in [1.807, 2.05) is 6.92 Å². The summed E-state index contributed by atoms with van der Waals surface area (Å²) in [5.41, 5.74) is 1.04. The summed E-state index contributed by atoms with van der Waals surface area (Å²) < 4.78 is 0. The third kappa shape index (κ3) is 2.52. The van der Waals surface area contributed by atoms with E-state index in [4.69, 9.17) is 0 Å². The Morgan fingerprint density at radius 3 is 1.33 bits per heavy atom. The van der Waals surface area contributed by atoms with Crippen LogP contribution in [-0.4, -0.2) is 20.4 Å². The van der Waals surface area contributed by atoms with E-state index < -0.39 is 5.41 Å². The van der Waals surface area contributed by atoms with E-state index in [9.17, 15) is 20.4 Å². The fourth-order valence-electron chi connectivity index (χ4n) is 3.09. The van der Waals surface area contributed by atoms with E-state index in [-0.39, 0.29) is 23.0 Å². The van der Waals surface area contributed by atoms with Crippen molar-refractivity contribution in [3.63, 3.8) is 0 Å². The zero-order valence-corrected chi connectivity index (χ0v) is 13.1. The van der Waals surface area contributed by atoms with E-state index in [0.29, 0.717) is 5.56 Å². The molecule has 0 radical (unpaired) electrons. The van der Waals surface area contributed by atoms with Gasteiger partial charge in [0.05, 0.1) is 5.56 Å². The minimum absolute atomic E-state index is 0.0290. The fourth-order valence-corrected chi connectivity index (χ4v) is 3.09. The van der Waals surface area contributed by atoms with Gasteiger partial charge in [0.1, 0.15) is 23.0 Å². The molecule has 0 aromatic heterocycles. The molecule has 122 valence electrons. The Labute approximate surface area is 139 Å². The summed E-state index contributed by atoms with van der Waals surface area (Å²) in [5.74, 6) is 0.207. The molecule has 3 aromatic carbocycles. The van der Waals surface area contributed by atoms with Crippen LogP contribution in [-0.2, 0) is 5.41 Å². The van der Waals surface area contributed by atoms with Gasteiger partial charge in [-0.1, -0.05) is 30.3 Å². The van der Waals surface area contributed by atoms with Gasteiger partial charge >= 0.3 is 0 Å². The lowest BCUT2D eigenvalue weighted by Crippen LogP contribution is -2.25. The van der Waals surface area contributed by atoms with Gasteiger partial charge in [-0.05, 0) is 54.4 Å². The average molecular weight is 322 g/mol. The number of phenolic OH excluding ortho intramolecular Hbond substituents is 4. The number of phenols is 4. The summed E-state index contributed by atoms with van der Waals surface area (Å²) in [5, 5.41) is 40.0. The number of hydrogen-bond acceptors (Lipinski definition) is 4. The van der Waals surface area contributed by atoms with Crippen molar-refractivity contribution < 1.29 is 20.4 Å². The van der Waals surface area contributed by atoms with Crippen LogP contribution in [0.25, 0.3) is 0 Å². The molecule has 24 heavy (non-hydrogen) atoms. The fraction of sp³-hybridized carbons (Fsp3) is 0.100. The average Bonchev–Trinajstić information content (AvgIpc) is 2.55. The highest BCUT2D eigenvalue weighted by Crippen LogP contribution is 2.47. The highest BCUT2D eigenvalue weighted by molar-refractivity contribution is 5.59. The SMILES string of the molecule is CC(c1ccc(O)cc1)(c1ccc(O)cc1)c1c(O)cccc1O. The van der Waals surface area contributed by atoms with Crippen LogP contribution in [0, 0.1) is 0 Å². The van der Waals surface area contributed by atoms with Crippen molar-refractivity contribution in [2.75, 3.05) is 0 Å². The first kappa shape index (κ1) is 15.7. The Morgan fingerprint density at radius 2 is 0.958 bits per heavy atom. The van der Waals surface area contributed by atoms with Gasteiger partial charge in [-0.15, -0.1) is 0 Å². The number of aromatic hydroxyl groups is 4. The largest absolute Gasteiger partial charge is 0.508 e. The molecule has 0 heterocycles. The van der Waals surface area contributed by atoms with Crippen LogP contribution in [0.15, 0.2) is 66.7 Å². The first-order valence-electron chi connectivity index (χ1n) is 7.53. The third-order valence-electron chi connectivity index (χ3n) is 4.41. The van der Waals surface area contributed by atoms with Crippen LogP contribution in [0.2, 0.25) is 0 Å². The van der Waals surface area contributed by atoms with Crippen molar-refractivity contribution in [2.24, 2.45) is 0 Å². The minimum atomic E-state index is -0.878. The maximum atomic E-state index is 10.4. The Morgan fingerprint density at radius 1 is 0.583 bits per heavy atom. The number of rotatable bonds is 3. The van der Waals surface area contributed by atoms with Gasteiger partial charge in [0.25, 0.3) is 0 Å². The topological polar surface area (TPSA) is 80.9 Å². The molecule has 3 rings (SSSR count). The Balaban J connectivity index is 2.32. The standard InChI is InChI=1S/C20H18O4/c1-20(13-5-9-15(21)10-6-13,14-7-11-16(22)12-8-14)19-17(23)3-2-4-18(19)24/h2-12,21-24H,1H3. The summed E-state index contributed by atoms with van der Waals surface area (Å²) in [7, 11) is 0. The number of hydrogen-bond donors (Lipinski definition) is 4. The Kier molecular flexibility index (Phi) is 3.81. The van der Waals surface area contributed by atoms with Gasteiger partial charge in [0.2, 0.25) is 0 Å². The quantitative estimate of drug-likeness (QED) is 0.552. The van der Waals surface area contributed by atoms with Gasteiger partial charge in [-0.2, -0.15) is 0 Å². The third-order valence-corrected chi connectivity index (χ3v) is 4.41. The van der Waals surface area contributed by atoms with Gasteiger partial charge in [-0.3, -0.25) is 0 Å². The van der Waals surface area contributed by atoms with Crippen molar-refractivity contribution in [3.05, 3.63) is 83.4 Å². The molecule has 0 bridgehead atoms. The van der Waals surface area contributed by atoms with Gasteiger partial charge in [-0.25, -0.2) is 0 Å². The monoisotopic (exact) mass is 322 g/mol. The zero-order valence-electron chi connectivity index (χ0n) is 13.1. The summed E-state index contributed by atoms with van der Waals surface area (Å²) >= 11 is 0. The van der Waals surface area contributed by atoms with Crippen molar-refractivity contribution >= 4 is 0 Å². The highest BCUT2D eigenvalue weighted by Gasteiger charge is 2.36. The second-order valence-electron chi connectivity index (χ2n) is 5.89. The van der Waals surface area contributed by atoms with E-state index in [2.05, 4.69) is 0 Å². The molecular weight excluding hydrogens is 304 g/mol. The van der Waals surface area contributed by atoms with Gasteiger partial charge < -0.3 is 20.4 Å². The molecule has 4 nitrogen and oxygen atoms in total. The lowest BCUT2D eigenvalue weighted by atomic mass is 9.70. The maximum Gasteiger partial charge on any atom is 0.123 e. The molecule has 3 aromatic rings. The smallest absolute Gasteiger partial charge is 0.123 e. The predicted octanol–water partition coefficient (Wildman–Crippen LogP) is 3.86. The second-order valence-corrected chi connectivity index (χ2v) is 5.89. The highest BCUT2D eigenvalue weighted by atomic mass is 16.3. The van der Waals surface area contributed by atoms with E-state index >= 15 is 0 Å². The zero-order chi connectivity index (χ0) is 17.3. The Hall–Kier alpha value is -3.14. The second kappa shape index (κ2) is 5.81. The van der Waals surface area contributed by atoms with Crippen LogP contribution in [0.4, 0.5) is 0 Å². The molecule has 0 saturated carbocycles. The summed E-state index contributed by atoms with van der Waals surface area (Å²) in [6.45, 7) is 1.88. The first-order chi connectivity index (χ1) is 11.4. The molecule has 4 N–H and O–H groups in total. The maximum absolute atomic E-state index is 10.4. The molecule has 0 atom stereocenters. The van der Waals surface area contributed by atoms with Crippen LogP contribution in [0.3, 0.4) is 0 Å². The van der Waals surface area contributed by atoms with Crippen molar-refractivity contribution in [1.82, 2.24) is 0 Å². The molecule has 0 aliphatic rings. The Bertz CT molecular complexity index is 786. The van der Waals surface area contributed by atoms with E-state index in [0.717, 1.165) is 11.1 Å². The molecule has 0 aliphatic carbocycles. The van der Waals surface area contributed by atoms with Gasteiger partial charge in [0, 0.05) is 5.41 Å².